The molecule has 1 saturated heterocycles. The first-order valence-corrected chi connectivity index (χ1v) is 5.03. The molecular formula is C11H17N. The standard InChI is InChI=1S/C11H17N/c1-2-6-10(7-3-1)11-8-4-5-9-12-11/h1-3,6,10-12H,4-5,7-9H2. The molecule has 2 rings (SSSR count). The van der Waals surface area contributed by atoms with Crippen molar-refractivity contribution in [3.8, 4) is 0 Å². The monoisotopic (exact) mass is 163 g/mol. The van der Waals surface area contributed by atoms with E-state index in [1.54, 1.807) is 0 Å². The van der Waals surface area contributed by atoms with E-state index in [1.165, 1.54) is 32.2 Å². The summed E-state index contributed by atoms with van der Waals surface area (Å²) in [5.41, 5.74) is 0. The van der Waals surface area contributed by atoms with E-state index in [1.807, 2.05) is 0 Å². The quantitative estimate of drug-likeness (QED) is 0.625. The first-order chi connectivity index (χ1) is 5.97. The first kappa shape index (κ1) is 8.06. The highest BCUT2D eigenvalue weighted by Crippen LogP contribution is 2.21. The van der Waals surface area contributed by atoms with Crippen molar-refractivity contribution in [3.63, 3.8) is 0 Å². The Kier molecular flexibility index (Phi) is 2.62. The summed E-state index contributed by atoms with van der Waals surface area (Å²) in [4.78, 5) is 0. The Morgan fingerprint density at radius 2 is 2.17 bits per heavy atom. The second kappa shape index (κ2) is 3.90. The summed E-state index contributed by atoms with van der Waals surface area (Å²) in [5.74, 6) is 0.760. The second-order valence-corrected chi connectivity index (χ2v) is 3.77. The molecule has 0 amide bonds. The zero-order chi connectivity index (χ0) is 8.23. The van der Waals surface area contributed by atoms with Gasteiger partial charge in [0.15, 0.2) is 0 Å². The molecule has 1 aliphatic heterocycles. The van der Waals surface area contributed by atoms with E-state index in [2.05, 4.69) is 29.6 Å². The van der Waals surface area contributed by atoms with Crippen LogP contribution in [0.1, 0.15) is 25.7 Å². The van der Waals surface area contributed by atoms with E-state index in [-0.39, 0.29) is 0 Å². The molecule has 0 spiro atoms. The zero-order valence-corrected chi connectivity index (χ0v) is 7.50. The molecule has 12 heavy (non-hydrogen) atoms. The van der Waals surface area contributed by atoms with Crippen LogP contribution >= 0.6 is 0 Å². The first-order valence-electron chi connectivity index (χ1n) is 5.03. The number of hydrogen-bond acceptors (Lipinski definition) is 1. The van der Waals surface area contributed by atoms with Crippen LogP contribution in [0.25, 0.3) is 0 Å². The molecule has 2 aliphatic rings. The Labute approximate surface area is 74.5 Å². The van der Waals surface area contributed by atoms with Gasteiger partial charge in [0.2, 0.25) is 0 Å². The largest absolute Gasteiger partial charge is 0.313 e. The van der Waals surface area contributed by atoms with E-state index in [9.17, 15) is 0 Å². The van der Waals surface area contributed by atoms with E-state index in [0.717, 1.165) is 12.0 Å². The average molecular weight is 163 g/mol. The zero-order valence-electron chi connectivity index (χ0n) is 7.50. The summed E-state index contributed by atoms with van der Waals surface area (Å²) < 4.78 is 0. The Balaban J connectivity index is 1.90. The molecule has 1 heteroatoms. The van der Waals surface area contributed by atoms with Gasteiger partial charge in [-0.1, -0.05) is 30.7 Å². The maximum absolute atomic E-state index is 3.60. The van der Waals surface area contributed by atoms with Gasteiger partial charge in [0, 0.05) is 6.04 Å². The second-order valence-electron chi connectivity index (χ2n) is 3.77. The summed E-state index contributed by atoms with van der Waals surface area (Å²) in [5, 5.41) is 3.60. The van der Waals surface area contributed by atoms with Crippen LogP contribution in [0.15, 0.2) is 24.3 Å². The number of allylic oxidation sites excluding steroid dienone is 3. The van der Waals surface area contributed by atoms with Gasteiger partial charge < -0.3 is 5.32 Å². The van der Waals surface area contributed by atoms with Crippen molar-refractivity contribution >= 4 is 0 Å². The minimum Gasteiger partial charge on any atom is -0.313 e. The molecule has 0 bridgehead atoms. The van der Waals surface area contributed by atoms with Crippen LogP contribution in [0, 0.1) is 5.92 Å². The van der Waals surface area contributed by atoms with Crippen LogP contribution in [0.5, 0.6) is 0 Å². The van der Waals surface area contributed by atoms with Gasteiger partial charge in [-0.25, -0.2) is 0 Å². The smallest absolute Gasteiger partial charge is 0.0133 e. The molecule has 0 saturated carbocycles. The van der Waals surface area contributed by atoms with Gasteiger partial charge in [0.05, 0.1) is 0 Å². The third kappa shape index (κ3) is 1.78. The number of hydrogen-bond donors (Lipinski definition) is 1. The number of rotatable bonds is 1. The molecule has 1 N–H and O–H groups in total. The molecule has 1 aliphatic carbocycles. The Hall–Kier alpha value is -0.560. The van der Waals surface area contributed by atoms with Gasteiger partial charge in [-0.3, -0.25) is 0 Å². The summed E-state index contributed by atoms with van der Waals surface area (Å²) in [6.45, 7) is 1.22. The van der Waals surface area contributed by atoms with Crippen LogP contribution in [-0.2, 0) is 0 Å². The summed E-state index contributed by atoms with van der Waals surface area (Å²) in [7, 11) is 0. The molecule has 66 valence electrons. The van der Waals surface area contributed by atoms with Crippen LogP contribution < -0.4 is 5.32 Å². The Bertz CT molecular complexity index is 187. The number of piperidine rings is 1. The molecule has 0 aromatic heterocycles. The highest BCUT2D eigenvalue weighted by Gasteiger charge is 2.20. The van der Waals surface area contributed by atoms with Crippen LogP contribution in [0.4, 0.5) is 0 Å². The van der Waals surface area contributed by atoms with Crippen molar-refractivity contribution in [2.24, 2.45) is 5.92 Å². The van der Waals surface area contributed by atoms with Gasteiger partial charge in [0.25, 0.3) is 0 Å². The molecule has 0 aromatic carbocycles. The minimum absolute atomic E-state index is 0.750. The average Bonchev–Trinajstić information content (AvgIpc) is 2.21. The van der Waals surface area contributed by atoms with Crippen molar-refractivity contribution in [2.75, 3.05) is 6.54 Å². The molecule has 2 atom stereocenters. The van der Waals surface area contributed by atoms with Crippen molar-refractivity contribution in [2.45, 2.75) is 31.7 Å². The van der Waals surface area contributed by atoms with Gasteiger partial charge >= 0.3 is 0 Å². The SMILES string of the molecule is C1=CCC(C2CCCCN2)C=C1. The van der Waals surface area contributed by atoms with Crippen LogP contribution in [0.2, 0.25) is 0 Å². The fourth-order valence-corrected chi connectivity index (χ4v) is 2.14. The highest BCUT2D eigenvalue weighted by molar-refractivity contribution is 5.13. The summed E-state index contributed by atoms with van der Waals surface area (Å²) in [6.07, 6.45) is 14.3. The molecule has 1 nitrogen and oxygen atoms in total. The lowest BCUT2D eigenvalue weighted by atomic mass is 9.87. The van der Waals surface area contributed by atoms with E-state index < -0.39 is 0 Å². The molecule has 1 heterocycles. The summed E-state index contributed by atoms with van der Waals surface area (Å²) in [6, 6.07) is 0.750. The van der Waals surface area contributed by atoms with Crippen LogP contribution in [0.3, 0.4) is 0 Å². The van der Waals surface area contributed by atoms with Crippen molar-refractivity contribution in [3.05, 3.63) is 24.3 Å². The van der Waals surface area contributed by atoms with Crippen molar-refractivity contribution < 1.29 is 0 Å². The topological polar surface area (TPSA) is 12.0 Å². The molecule has 0 aromatic rings. The highest BCUT2D eigenvalue weighted by atomic mass is 14.9. The van der Waals surface area contributed by atoms with Gasteiger partial charge in [0.1, 0.15) is 0 Å². The van der Waals surface area contributed by atoms with Crippen molar-refractivity contribution in [1.29, 1.82) is 0 Å². The number of nitrogens with one attached hydrogen (secondary N) is 1. The third-order valence-corrected chi connectivity index (χ3v) is 2.88. The Morgan fingerprint density at radius 1 is 1.17 bits per heavy atom. The lowest BCUT2D eigenvalue weighted by molar-refractivity contribution is 0.332. The molecule has 1 fully saturated rings. The fourth-order valence-electron chi connectivity index (χ4n) is 2.14. The molecular weight excluding hydrogens is 146 g/mol. The lowest BCUT2D eigenvalue weighted by Gasteiger charge is -2.29. The summed E-state index contributed by atoms with van der Waals surface area (Å²) >= 11 is 0. The van der Waals surface area contributed by atoms with Crippen LogP contribution in [-0.4, -0.2) is 12.6 Å². The lowest BCUT2D eigenvalue weighted by Crippen LogP contribution is -2.39. The van der Waals surface area contributed by atoms with Gasteiger partial charge in [-0.2, -0.15) is 0 Å². The van der Waals surface area contributed by atoms with E-state index in [0.29, 0.717) is 0 Å². The maximum atomic E-state index is 3.60. The van der Waals surface area contributed by atoms with Gasteiger partial charge in [-0.05, 0) is 31.7 Å². The van der Waals surface area contributed by atoms with Crippen molar-refractivity contribution in [1.82, 2.24) is 5.32 Å². The maximum Gasteiger partial charge on any atom is 0.0133 e. The third-order valence-electron chi connectivity index (χ3n) is 2.88. The molecule has 2 unspecified atom stereocenters. The minimum atomic E-state index is 0.750. The van der Waals surface area contributed by atoms with E-state index in [4.69, 9.17) is 0 Å². The predicted octanol–water partition coefficient (Wildman–Crippen LogP) is 2.26. The van der Waals surface area contributed by atoms with E-state index >= 15 is 0 Å². The fraction of sp³-hybridized carbons (Fsp3) is 0.636. The molecule has 0 radical (unpaired) electrons. The Morgan fingerprint density at radius 3 is 2.83 bits per heavy atom. The normalized spacial score (nSPS) is 35.3. The predicted molar refractivity (Wildman–Crippen MR) is 52.0 cm³/mol. The van der Waals surface area contributed by atoms with Gasteiger partial charge in [-0.15, -0.1) is 0 Å².